The smallest absolute Gasteiger partial charge is 0.328 e. The van der Waals surface area contributed by atoms with Crippen molar-refractivity contribution in [2.24, 2.45) is 0 Å². The number of imide groups is 1. The molecule has 0 radical (unpaired) electrons. The molecule has 1 saturated heterocycles. The molecular weight excluding hydrogens is 390 g/mol. The Balaban J connectivity index is 2.06. The van der Waals surface area contributed by atoms with Crippen LogP contribution in [-0.4, -0.2) is 75.1 Å². The molecule has 0 aliphatic carbocycles. The van der Waals surface area contributed by atoms with Gasteiger partial charge in [-0.05, 0) is 31.7 Å². The number of benzene rings is 1. The van der Waals surface area contributed by atoms with E-state index in [-0.39, 0.29) is 13.0 Å². The molecular formula is C21H29N3O6. The van der Waals surface area contributed by atoms with Gasteiger partial charge in [-0.1, -0.05) is 43.7 Å². The summed E-state index contributed by atoms with van der Waals surface area (Å²) in [5, 5.41) is 21.7. The van der Waals surface area contributed by atoms with Crippen molar-refractivity contribution in [3.63, 3.8) is 0 Å². The van der Waals surface area contributed by atoms with E-state index in [1.807, 2.05) is 37.3 Å². The maximum atomic E-state index is 12.9. The molecule has 1 heterocycles. The molecule has 30 heavy (non-hydrogen) atoms. The van der Waals surface area contributed by atoms with E-state index in [0.717, 1.165) is 16.9 Å². The number of rotatable bonds is 11. The third kappa shape index (κ3) is 5.79. The number of aryl methyl sites for hydroxylation is 1. The molecule has 1 aromatic carbocycles. The Hall–Kier alpha value is -2.94. The van der Waals surface area contributed by atoms with Gasteiger partial charge in [0, 0.05) is 6.54 Å². The lowest BCUT2D eigenvalue weighted by atomic mass is 10.0. The highest BCUT2D eigenvalue weighted by molar-refractivity contribution is 6.02. The molecule has 0 saturated carbocycles. The number of urea groups is 1. The molecule has 2 rings (SSSR count). The standard InChI is InChI=1S/C21H29N3O6/c1-3-4-12-23-13-17(20(28)29)24(21(23)30)18(25)14(2)22-16(19(26)27)11-10-15-8-6-5-7-9-15/h5-9,14,16-17,22H,3-4,10-13H2,1-2H3,(H,26,27)(H,28,29)/t14-,16-,17-/m0/s1. The van der Waals surface area contributed by atoms with E-state index in [0.29, 0.717) is 19.4 Å². The Morgan fingerprint density at radius 3 is 2.43 bits per heavy atom. The molecule has 3 atom stereocenters. The summed E-state index contributed by atoms with van der Waals surface area (Å²) in [4.78, 5) is 50.9. The van der Waals surface area contributed by atoms with Crippen molar-refractivity contribution >= 4 is 23.9 Å². The molecule has 0 aromatic heterocycles. The molecule has 0 unspecified atom stereocenters. The molecule has 3 amide bonds. The van der Waals surface area contributed by atoms with Gasteiger partial charge in [0.1, 0.15) is 6.04 Å². The zero-order chi connectivity index (χ0) is 22.3. The molecule has 0 bridgehead atoms. The fraction of sp³-hybridized carbons (Fsp3) is 0.524. The van der Waals surface area contributed by atoms with Gasteiger partial charge in [-0.25, -0.2) is 14.5 Å². The monoisotopic (exact) mass is 419 g/mol. The number of nitrogens with one attached hydrogen (secondary N) is 1. The first-order valence-corrected chi connectivity index (χ1v) is 10.1. The quantitative estimate of drug-likeness (QED) is 0.497. The van der Waals surface area contributed by atoms with Gasteiger partial charge in [0.15, 0.2) is 6.04 Å². The van der Waals surface area contributed by atoms with E-state index in [4.69, 9.17) is 0 Å². The molecule has 9 nitrogen and oxygen atoms in total. The van der Waals surface area contributed by atoms with Gasteiger partial charge in [0.2, 0.25) is 5.91 Å². The highest BCUT2D eigenvalue weighted by atomic mass is 16.4. The molecule has 3 N–H and O–H groups in total. The van der Waals surface area contributed by atoms with E-state index in [9.17, 15) is 29.4 Å². The Kier molecular flexibility index (Phi) is 8.35. The number of carboxylic acid groups (broad SMARTS) is 2. The van der Waals surface area contributed by atoms with Crippen molar-refractivity contribution < 1.29 is 29.4 Å². The number of carbonyl (C=O) groups excluding carboxylic acids is 2. The van der Waals surface area contributed by atoms with Crippen LogP contribution in [0, 0.1) is 0 Å². The van der Waals surface area contributed by atoms with Crippen LogP contribution in [0.25, 0.3) is 0 Å². The molecule has 9 heteroatoms. The fourth-order valence-corrected chi connectivity index (χ4v) is 3.44. The molecule has 1 aliphatic rings. The van der Waals surface area contributed by atoms with E-state index in [2.05, 4.69) is 5.32 Å². The highest BCUT2D eigenvalue weighted by Crippen LogP contribution is 2.19. The van der Waals surface area contributed by atoms with Gasteiger partial charge < -0.3 is 15.1 Å². The average Bonchev–Trinajstić information content (AvgIpc) is 3.05. The number of hydrogen-bond donors (Lipinski definition) is 3. The summed E-state index contributed by atoms with van der Waals surface area (Å²) in [7, 11) is 0. The molecule has 1 aliphatic heterocycles. The summed E-state index contributed by atoms with van der Waals surface area (Å²) in [5.74, 6) is -3.11. The van der Waals surface area contributed by atoms with Crippen LogP contribution in [0.2, 0.25) is 0 Å². The number of nitrogens with zero attached hydrogens (tertiary/aromatic N) is 2. The normalized spacial score (nSPS) is 18.3. The number of unbranched alkanes of at least 4 members (excludes halogenated alkanes) is 1. The lowest BCUT2D eigenvalue weighted by Gasteiger charge is -2.25. The summed E-state index contributed by atoms with van der Waals surface area (Å²) < 4.78 is 0. The van der Waals surface area contributed by atoms with Gasteiger partial charge in [0.05, 0.1) is 12.6 Å². The Morgan fingerprint density at radius 2 is 1.87 bits per heavy atom. The summed E-state index contributed by atoms with van der Waals surface area (Å²) in [5.41, 5.74) is 0.969. The number of hydrogen-bond acceptors (Lipinski definition) is 5. The van der Waals surface area contributed by atoms with Crippen LogP contribution in [0.3, 0.4) is 0 Å². The van der Waals surface area contributed by atoms with Gasteiger partial charge in [0.25, 0.3) is 0 Å². The van der Waals surface area contributed by atoms with Crippen molar-refractivity contribution in [3.05, 3.63) is 35.9 Å². The average molecular weight is 419 g/mol. The zero-order valence-electron chi connectivity index (χ0n) is 17.3. The zero-order valence-corrected chi connectivity index (χ0v) is 17.3. The minimum absolute atomic E-state index is 0.0665. The first kappa shape index (κ1) is 23.3. The van der Waals surface area contributed by atoms with Crippen LogP contribution in [0.5, 0.6) is 0 Å². The molecule has 1 aromatic rings. The topological polar surface area (TPSA) is 127 Å². The third-order valence-corrected chi connectivity index (χ3v) is 5.17. The van der Waals surface area contributed by atoms with Crippen molar-refractivity contribution in [2.75, 3.05) is 13.1 Å². The number of aliphatic carboxylic acids is 2. The summed E-state index contributed by atoms with van der Waals surface area (Å²) in [6.45, 7) is 3.70. The predicted molar refractivity (Wildman–Crippen MR) is 109 cm³/mol. The summed E-state index contributed by atoms with van der Waals surface area (Å²) >= 11 is 0. The lowest BCUT2D eigenvalue weighted by Crippen LogP contribution is -2.54. The minimum atomic E-state index is -1.28. The molecule has 1 fully saturated rings. The molecule has 164 valence electrons. The number of amides is 3. The second kappa shape index (κ2) is 10.7. The number of carbonyl (C=O) groups is 4. The van der Waals surface area contributed by atoms with E-state index < -0.39 is 42.0 Å². The second-order valence-electron chi connectivity index (χ2n) is 7.45. The van der Waals surface area contributed by atoms with Crippen LogP contribution >= 0.6 is 0 Å². The summed E-state index contributed by atoms with van der Waals surface area (Å²) in [6, 6.07) is 5.40. The first-order chi connectivity index (χ1) is 14.3. The molecule has 0 spiro atoms. The maximum absolute atomic E-state index is 12.9. The first-order valence-electron chi connectivity index (χ1n) is 10.1. The van der Waals surface area contributed by atoms with E-state index in [1.54, 1.807) is 0 Å². The van der Waals surface area contributed by atoms with Crippen molar-refractivity contribution in [2.45, 2.75) is 57.7 Å². The fourth-order valence-electron chi connectivity index (χ4n) is 3.44. The Morgan fingerprint density at radius 1 is 1.20 bits per heavy atom. The van der Waals surface area contributed by atoms with Gasteiger partial charge in [-0.2, -0.15) is 0 Å². The Bertz CT molecular complexity index is 769. The van der Waals surface area contributed by atoms with E-state index >= 15 is 0 Å². The maximum Gasteiger partial charge on any atom is 0.328 e. The van der Waals surface area contributed by atoms with Crippen LogP contribution in [0.4, 0.5) is 4.79 Å². The lowest BCUT2D eigenvalue weighted by molar-refractivity contribution is -0.147. The van der Waals surface area contributed by atoms with Gasteiger partial charge >= 0.3 is 18.0 Å². The second-order valence-corrected chi connectivity index (χ2v) is 7.45. The van der Waals surface area contributed by atoms with Crippen molar-refractivity contribution in [3.8, 4) is 0 Å². The van der Waals surface area contributed by atoms with E-state index in [1.165, 1.54) is 11.8 Å². The highest BCUT2D eigenvalue weighted by Gasteiger charge is 2.46. The van der Waals surface area contributed by atoms with Crippen LogP contribution < -0.4 is 5.32 Å². The minimum Gasteiger partial charge on any atom is -0.480 e. The number of carboxylic acids is 2. The Labute approximate surface area is 175 Å². The van der Waals surface area contributed by atoms with Crippen LogP contribution in [0.15, 0.2) is 30.3 Å². The van der Waals surface area contributed by atoms with Gasteiger partial charge in [-0.3, -0.25) is 14.9 Å². The summed E-state index contributed by atoms with van der Waals surface area (Å²) in [6.07, 6.45) is 2.27. The largest absolute Gasteiger partial charge is 0.480 e. The SMILES string of the molecule is CCCCN1C[C@@H](C(=O)O)N(C(=O)[C@H](C)N[C@@H](CCc2ccccc2)C(=O)O)C1=O. The van der Waals surface area contributed by atoms with Crippen LogP contribution in [0.1, 0.15) is 38.7 Å². The predicted octanol–water partition coefficient (Wildman–Crippen LogP) is 1.57. The van der Waals surface area contributed by atoms with Crippen molar-refractivity contribution in [1.29, 1.82) is 0 Å². The van der Waals surface area contributed by atoms with Crippen LogP contribution in [-0.2, 0) is 20.8 Å². The third-order valence-electron chi connectivity index (χ3n) is 5.17. The van der Waals surface area contributed by atoms with Gasteiger partial charge in [-0.15, -0.1) is 0 Å². The van der Waals surface area contributed by atoms with Crippen molar-refractivity contribution in [1.82, 2.24) is 15.1 Å².